The number of amides is 1. The molecule has 2 fully saturated rings. The summed E-state index contributed by atoms with van der Waals surface area (Å²) in [6.07, 6.45) is 7.10. The molecule has 0 aromatic carbocycles. The van der Waals surface area contributed by atoms with Gasteiger partial charge in [0.1, 0.15) is 0 Å². The topological polar surface area (TPSA) is 78.4 Å². The summed E-state index contributed by atoms with van der Waals surface area (Å²) in [5.74, 6) is -0.563. The van der Waals surface area contributed by atoms with Crippen LogP contribution in [0, 0.1) is 11.3 Å². The zero-order chi connectivity index (χ0) is 15.3. The van der Waals surface area contributed by atoms with E-state index in [4.69, 9.17) is 5.11 Å². The molecule has 1 amide bonds. The Kier molecular flexibility index (Phi) is 5.62. The lowest BCUT2D eigenvalue weighted by atomic mass is 9.71. The third kappa shape index (κ3) is 4.70. The van der Waals surface area contributed by atoms with Crippen LogP contribution in [0.1, 0.15) is 58.3 Å². The van der Waals surface area contributed by atoms with Crippen LogP contribution in [0.3, 0.4) is 0 Å². The maximum atomic E-state index is 12.3. The zero-order valence-corrected chi connectivity index (χ0v) is 13.0. The summed E-state index contributed by atoms with van der Waals surface area (Å²) in [5.41, 5.74) is -0.224. The number of carbonyl (C=O) groups excluding carboxylic acids is 1. The first kappa shape index (κ1) is 16.3. The second kappa shape index (κ2) is 7.25. The molecule has 1 aliphatic carbocycles. The summed E-state index contributed by atoms with van der Waals surface area (Å²) in [4.78, 5) is 23.5. The third-order valence-electron chi connectivity index (χ3n) is 5.07. The first-order valence-electron chi connectivity index (χ1n) is 8.24. The minimum Gasteiger partial charge on any atom is -0.481 e. The molecule has 3 N–H and O–H groups in total. The molecule has 2 aliphatic rings. The number of hydrogen-bond acceptors (Lipinski definition) is 3. The van der Waals surface area contributed by atoms with Crippen molar-refractivity contribution in [3.8, 4) is 0 Å². The van der Waals surface area contributed by atoms with Crippen LogP contribution in [0.25, 0.3) is 0 Å². The summed E-state index contributed by atoms with van der Waals surface area (Å²) >= 11 is 0. The van der Waals surface area contributed by atoms with Crippen LogP contribution in [-0.2, 0) is 9.59 Å². The van der Waals surface area contributed by atoms with Gasteiger partial charge in [0.25, 0.3) is 0 Å². The molecular formula is C16H28N2O3. The number of carboxylic acids is 1. The number of rotatable bonds is 5. The average Bonchev–Trinajstić information content (AvgIpc) is 2.45. The fourth-order valence-electron chi connectivity index (χ4n) is 3.83. The number of aliphatic carboxylic acids is 1. The van der Waals surface area contributed by atoms with E-state index in [-0.39, 0.29) is 23.7 Å². The molecule has 2 atom stereocenters. The van der Waals surface area contributed by atoms with Gasteiger partial charge in [0.2, 0.25) is 5.91 Å². The van der Waals surface area contributed by atoms with Gasteiger partial charge in [-0.15, -0.1) is 0 Å². The van der Waals surface area contributed by atoms with Crippen LogP contribution >= 0.6 is 0 Å². The van der Waals surface area contributed by atoms with Gasteiger partial charge in [0, 0.05) is 18.5 Å². The molecule has 5 heteroatoms. The Balaban J connectivity index is 1.88. The van der Waals surface area contributed by atoms with Crippen molar-refractivity contribution >= 4 is 11.9 Å². The molecule has 0 spiro atoms. The van der Waals surface area contributed by atoms with Crippen molar-refractivity contribution in [2.75, 3.05) is 13.1 Å². The standard InChI is InChI=1S/C16H28N2O3/c1-12-9-13(5-8-17-12)15(21)18-11-16(10-14(19)20)6-3-2-4-7-16/h12-13,17H,2-11H2,1H3,(H,18,21)(H,19,20). The molecule has 120 valence electrons. The maximum Gasteiger partial charge on any atom is 0.303 e. The fraction of sp³-hybridized carbons (Fsp3) is 0.875. The Morgan fingerprint density at radius 2 is 2.00 bits per heavy atom. The van der Waals surface area contributed by atoms with Gasteiger partial charge in [0.05, 0.1) is 6.42 Å². The van der Waals surface area contributed by atoms with Crippen LogP contribution in [0.2, 0.25) is 0 Å². The summed E-state index contributed by atoms with van der Waals surface area (Å²) < 4.78 is 0. The van der Waals surface area contributed by atoms with Gasteiger partial charge in [0.15, 0.2) is 0 Å². The predicted molar refractivity (Wildman–Crippen MR) is 81.0 cm³/mol. The molecule has 0 bridgehead atoms. The molecule has 0 aromatic heterocycles. The van der Waals surface area contributed by atoms with Crippen molar-refractivity contribution in [2.24, 2.45) is 11.3 Å². The van der Waals surface area contributed by atoms with Crippen LogP contribution in [-0.4, -0.2) is 36.1 Å². The van der Waals surface area contributed by atoms with Crippen molar-refractivity contribution in [1.82, 2.24) is 10.6 Å². The van der Waals surface area contributed by atoms with Crippen molar-refractivity contribution in [3.63, 3.8) is 0 Å². The Bertz CT molecular complexity index is 378. The molecule has 21 heavy (non-hydrogen) atoms. The molecule has 1 saturated carbocycles. The first-order valence-corrected chi connectivity index (χ1v) is 8.24. The molecule has 1 aliphatic heterocycles. The van der Waals surface area contributed by atoms with Gasteiger partial charge in [-0.3, -0.25) is 9.59 Å². The lowest BCUT2D eigenvalue weighted by Gasteiger charge is -2.37. The lowest BCUT2D eigenvalue weighted by Crippen LogP contribution is -2.46. The number of carbonyl (C=O) groups is 2. The molecule has 2 unspecified atom stereocenters. The van der Waals surface area contributed by atoms with Crippen LogP contribution in [0.15, 0.2) is 0 Å². The van der Waals surface area contributed by atoms with Gasteiger partial charge in [-0.2, -0.15) is 0 Å². The van der Waals surface area contributed by atoms with Crippen molar-refractivity contribution in [3.05, 3.63) is 0 Å². The van der Waals surface area contributed by atoms with Gasteiger partial charge >= 0.3 is 5.97 Å². The Morgan fingerprint density at radius 3 is 2.62 bits per heavy atom. The fourth-order valence-corrected chi connectivity index (χ4v) is 3.83. The molecular weight excluding hydrogens is 268 g/mol. The Hall–Kier alpha value is -1.10. The van der Waals surface area contributed by atoms with Gasteiger partial charge < -0.3 is 15.7 Å². The van der Waals surface area contributed by atoms with Gasteiger partial charge in [-0.05, 0) is 44.6 Å². The minimum absolute atomic E-state index is 0.0757. The highest BCUT2D eigenvalue weighted by molar-refractivity contribution is 5.79. The van der Waals surface area contributed by atoms with Crippen molar-refractivity contribution < 1.29 is 14.7 Å². The molecule has 0 aromatic rings. The van der Waals surface area contributed by atoms with E-state index in [1.165, 1.54) is 6.42 Å². The van der Waals surface area contributed by atoms with Crippen molar-refractivity contribution in [1.29, 1.82) is 0 Å². The summed E-state index contributed by atoms with van der Waals surface area (Å²) in [5, 5.41) is 15.6. The van der Waals surface area contributed by atoms with Gasteiger partial charge in [-0.25, -0.2) is 0 Å². The van der Waals surface area contributed by atoms with Crippen molar-refractivity contribution in [2.45, 2.75) is 64.3 Å². The Labute approximate surface area is 126 Å². The molecule has 2 rings (SSSR count). The highest BCUT2D eigenvalue weighted by Crippen LogP contribution is 2.38. The van der Waals surface area contributed by atoms with Crippen LogP contribution < -0.4 is 10.6 Å². The molecule has 5 nitrogen and oxygen atoms in total. The van der Waals surface area contributed by atoms with E-state index in [0.717, 1.165) is 45.1 Å². The van der Waals surface area contributed by atoms with E-state index in [2.05, 4.69) is 17.6 Å². The third-order valence-corrected chi connectivity index (χ3v) is 5.07. The monoisotopic (exact) mass is 296 g/mol. The maximum absolute atomic E-state index is 12.3. The minimum atomic E-state index is -0.748. The molecule has 0 radical (unpaired) electrons. The molecule has 1 heterocycles. The zero-order valence-electron chi connectivity index (χ0n) is 13.0. The van der Waals surface area contributed by atoms with E-state index in [1.807, 2.05) is 0 Å². The summed E-state index contributed by atoms with van der Waals surface area (Å²) in [6, 6.07) is 0.386. The highest BCUT2D eigenvalue weighted by atomic mass is 16.4. The normalized spacial score (nSPS) is 28.8. The Morgan fingerprint density at radius 1 is 1.29 bits per heavy atom. The number of piperidine rings is 1. The lowest BCUT2D eigenvalue weighted by molar-refractivity contribution is -0.141. The molecule has 1 saturated heterocycles. The highest BCUT2D eigenvalue weighted by Gasteiger charge is 2.35. The summed E-state index contributed by atoms with van der Waals surface area (Å²) in [6.45, 7) is 3.52. The van der Waals surface area contributed by atoms with Gasteiger partial charge in [-0.1, -0.05) is 19.3 Å². The summed E-state index contributed by atoms with van der Waals surface area (Å²) in [7, 11) is 0. The number of hydrogen-bond donors (Lipinski definition) is 3. The number of carboxylic acid groups (broad SMARTS) is 1. The largest absolute Gasteiger partial charge is 0.481 e. The van der Waals surface area contributed by atoms with Crippen LogP contribution in [0.5, 0.6) is 0 Å². The van der Waals surface area contributed by atoms with E-state index in [9.17, 15) is 9.59 Å². The number of nitrogens with one attached hydrogen (secondary N) is 2. The van der Waals surface area contributed by atoms with E-state index in [0.29, 0.717) is 12.6 Å². The first-order chi connectivity index (χ1) is 10.0. The van der Waals surface area contributed by atoms with E-state index < -0.39 is 5.97 Å². The smallest absolute Gasteiger partial charge is 0.303 e. The predicted octanol–water partition coefficient (Wildman–Crippen LogP) is 1.92. The second-order valence-corrected chi connectivity index (χ2v) is 6.93. The average molecular weight is 296 g/mol. The quantitative estimate of drug-likeness (QED) is 0.724. The SMILES string of the molecule is CC1CC(C(=O)NCC2(CC(=O)O)CCCCC2)CCN1. The van der Waals surface area contributed by atoms with E-state index in [1.54, 1.807) is 0 Å². The van der Waals surface area contributed by atoms with E-state index >= 15 is 0 Å². The van der Waals surface area contributed by atoms with Crippen LogP contribution in [0.4, 0.5) is 0 Å². The second-order valence-electron chi connectivity index (χ2n) is 6.93.